The smallest absolute Gasteiger partial charge is 0.254 e. The number of hydrogen-bond donors (Lipinski definition) is 1. The molecule has 3 aromatic rings. The quantitative estimate of drug-likeness (QED) is 0.756. The highest BCUT2D eigenvalue weighted by Gasteiger charge is 2.23. The van der Waals surface area contributed by atoms with E-state index in [4.69, 9.17) is 0 Å². The Bertz CT molecular complexity index is 903. The molecule has 0 bridgehead atoms. The minimum atomic E-state index is 0.0794. The highest BCUT2D eigenvalue weighted by Crippen LogP contribution is 2.20. The molecular weight excluding hydrogens is 342 g/mol. The number of H-pyrrole nitrogens is 1. The molecule has 0 unspecified atom stereocenters. The number of benzene rings is 1. The molecule has 0 aliphatic carbocycles. The molecule has 0 spiro atoms. The van der Waals surface area contributed by atoms with E-state index in [2.05, 4.69) is 30.5 Å². The first-order chi connectivity index (χ1) is 13.2. The molecule has 1 aliphatic heterocycles. The van der Waals surface area contributed by atoms with Crippen molar-refractivity contribution >= 4 is 5.91 Å². The zero-order chi connectivity index (χ0) is 18.6. The fraction of sp³-hybridized carbons (Fsp3) is 0.316. The van der Waals surface area contributed by atoms with Crippen molar-refractivity contribution in [3.05, 3.63) is 59.4 Å². The number of hydrogen-bond acceptors (Lipinski definition) is 6. The summed E-state index contributed by atoms with van der Waals surface area (Å²) < 4.78 is 0. The Kier molecular flexibility index (Phi) is 4.88. The zero-order valence-electron chi connectivity index (χ0n) is 15.2. The van der Waals surface area contributed by atoms with Crippen LogP contribution in [0, 0.1) is 6.92 Å². The number of pyridine rings is 1. The normalized spacial score (nSPS) is 15.1. The first kappa shape index (κ1) is 17.3. The minimum Gasteiger partial charge on any atom is -0.336 e. The fourth-order valence-corrected chi connectivity index (χ4v) is 3.35. The van der Waals surface area contributed by atoms with Crippen molar-refractivity contribution in [1.29, 1.82) is 0 Å². The van der Waals surface area contributed by atoms with Crippen LogP contribution < -0.4 is 0 Å². The SMILES string of the molecule is Cc1cc(-c2nn[nH]n2)ccc1C(=O)N1CCN(Cc2ccncc2)CC1. The average molecular weight is 363 g/mol. The van der Waals surface area contributed by atoms with Crippen LogP contribution in [0.25, 0.3) is 11.4 Å². The molecule has 8 heteroatoms. The number of nitrogens with one attached hydrogen (secondary N) is 1. The second-order valence-electron chi connectivity index (χ2n) is 6.69. The molecule has 1 saturated heterocycles. The van der Waals surface area contributed by atoms with Gasteiger partial charge in [-0.2, -0.15) is 5.21 Å². The first-order valence-electron chi connectivity index (χ1n) is 8.96. The van der Waals surface area contributed by atoms with Crippen LogP contribution in [-0.2, 0) is 6.54 Å². The molecule has 2 aromatic heterocycles. The fourth-order valence-electron chi connectivity index (χ4n) is 3.35. The van der Waals surface area contributed by atoms with Gasteiger partial charge in [0.05, 0.1) is 0 Å². The van der Waals surface area contributed by atoms with Gasteiger partial charge in [-0.25, -0.2) is 0 Å². The molecule has 3 heterocycles. The summed E-state index contributed by atoms with van der Waals surface area (Å²) in [6.07, 6.45) is 3.63. The van der Waals surface area contributed by atoms with Crippen LogP contribution in [0.1, 0.15) is 21.5 Å². The van der Waals surface area contributed by atoms with Crippen LogP contribution in [0.3, 0.4) is 0 Å². The Morgan fingerprint density at radius 3 is 2.56 bits per heavy atom. The Labute approximate surface area is 157 Å². The summed E-state index contributed by atoms with van der Waals surface area (Å²) in [5.74, 6) is 0.609. The third-order valence-corrected chi connectivity index (χ3v) is 4.88. The van der Waals surface area contributed by atoms with Gasteiger partial charge in [0, 0.05) is 56.2 Å². The van der Waals surface area contributed by atoms with E-state index in [1.54, 1.807) is 0 Å². The van der Waals surface area contributed by atoms with E-state index in [9.17, 15) is 4.79 Å². The predicted octanol–water partition coefficient (Wildman–Crippen LogP) is 1.53. The van der Waals surface area contributed by atoms with Crippen LogP contribution in [0.15, 0.2) is 42.7 Å². The lowest BCUT2D eigenvalue weighted by atomic mass is 10.0. The van der Waals surface area contributed by atoms with E-state index < -0.39 is 0 Å². The largest absolute Gasteiger partial charge is 0.336 e. The van der Waals surface area contributed by atoms with Crippen LogP contribution >= 0.6 is 0 Å². The predicted molar refractivity (Wildman–Crippen MR) is 99.8 cm³/mol. The number of aryl methyl sites for hydroxylation is 1. The summed E-state index contributed by atoms with van der Waals surface area (Å²) in [7, 11) is 0. The van der Waals surface area contributed by atoms with Gasteiger partial charge in [0.25, 0.3) is 5.91 Å². The molecule has 4 rings (SSSR count). The van der Waals surface area contributed by atoms with E-state index in [0.29, 0.717) is 5.82 Å². The van der Waals surface area contributed by atoms with Gasteiger partial charge in [-0.05, 0) is 47.5 Å². The summed E-state index contributed by atoms with van der Waals surface area (Å²) in [6.45, 7) is 6.04. The monoisotopic (exact) mass is 363 g/mol. The van der Waals surface area contributed by atoms with Crippen LogP contribution in [0.5, 0.6) is 0 Å². The topological polar surface area (TPSA) is 90.9 Å². The lowest BCUT2D eigenvalue weighted by Crippen LogP contribution is -2.48. The van der Waals surface area contributed by atoms with Gasteiger partial charge in [-0.15, -0.1) is 10.2 Å². The average Bonchev–Trinajstić information content (AvgIpc) is 3.24. The molecule has 138 valence electrons. The number of carbonyl (C=O) groups excluding carboxylic acids is 1. The van der Waals surface area contributed by atoms with Crippen molar-refractivity contribution in [1.82, 2.24) is 35.4 Å². The maximum absolute atomic E-state index is 12.9. The molecule has 0 atom stereocenters. The van der Waals surface area contributed by atoms with Gasteiger partial charge in [0.15, 0.2) is 0 Å². The standard InChI is InChI=1S/C19H21N7O/c1-14-12-16(18-21-23-24-22-18)2-3-17(14)19(27)26-10-8-25(9-11-26)13-15-4-6-20-7-5-15/h2-7,12H,8-11,13H2,1H3,(H,21,22,23,24). The van der Waals surface area contributed by atoms with Gasteiger partial charge < -0.3 is 4.90 Å². The molecule has 1 amide bonds. The van der Waals surface area contributed by atoms with Gasteiger partial charge in [0.1, 0.15) is 0 Å². The molecule has 1 fully saturated rings. The molecule has 27 heavy (non-hydrogen) atoms. The molecule has 1 aliphatic rings. The first-order valence-corrected chi connectivity index (χ1v) is 8.96. The maximum atomic E-state index is 12.9. The molecule has 0 saturated carbocycles. The maximum Gasteiger partial charge on any atom is 0.254 e. The Balaban J connectivity index is 1.39. The van der Waals surface area contributed by atoms with Crippen molar-refractivity contribution in [2.45, 2.75) is 13.5 Å². The third-order valence-electron chi connectivity index (χ3n) is 4.88. The Morgan fingerprint density at radius 2 is 1.89 bits per heavy atom. The van der Waals surface area contributed by atoms with E-state index in [1.165, 1.54) is 5.56 Å². The van der Waals surface area contributed by atoms with Crippen LogP contribution in [0.2, 0.25) is 0 Å². The van der Waals surface area contributed by atoms with Gasteiger partial charge in [-0.1, -0.05) is 6.07 Å². The number of aromatic amines is 1. The number of piperazine rings is 1. The number of carbonyl (C=O) groups is 1. The van der Waals surface area contributed by atoms with E-state index >= 15 is 0 Å². The summed E-state index contributed by atoms with van der Waals surface area (Å²) >= 11 is 0. The second kappa shape index (κ2) is 7.63. The highest BCUT2D eigenvalue weighted by molar-refractivity contribution is 5.96. The molecule has 8 nitrogen and oxygen atoms in total. The lowest BCUT2D eigenvalue weighted by molar-refractivity contribution is 0.0628. The Morgan fingerprint density at radius 1 is 1.11 bits per heavy atom. The van der Waals surface area contributed by atoms with Crippen molar-refractivity contribution in [2.75, 3.05) is 26.2 Å². The van der Waals surface area contributed by atoms with E-state index in [-0.39, 0.29) is 5.91 Å². The number of aromatic nitrogens is 5. The highest BCUT2D eigenvalue weighted by atomic mass is 16.2. The van der Waals surface area contributed by atoms with Gasteiger partial charge in [-0.3, -0.25) is 14.7 Å². The number of tetrazole rings is 1. The number of rotatable bonds is 4. The van der Waals surface area contributed by atoms with E-state index in [1.807, 2.05) is 54.5 Å². The molecule has 0 radical (unpaired) electrons. The van der Waals surface area contributed by atoms with Crippen molar-refractivity contribution < 1.29 is 4.79 Å². The summed E-state index contributed by atoms with van der Waals surface area (Å²) in [6, 6.07) is 9.72. The minimum absolute atomic E-state index is 0.0794. The number of nitrogens with zero attached hydrogens (tertiary/aromatic N) is 6. The summed E-state index contributed by atoms with van der Waals surface area (Å²) in [5.41, 5.74) is 3.74. The van der Waals surface area contributed by atoms with Gasteiger partial charge in [0.2, 0.25) is 5.82 Å². The van der Waals surface area contributed by atoms with E-state index in [0.717, 1.165) is 49.4 Å². The zero-order valence-corrected chi connectivity index (χ0v) is 15.2. The van der Waals surface area contributed by atoms with Crippen LogP contribution in [0.4, 0.5) is 0 Å². The summed E-state index contributed by atoms with van der Waals surface area (Å²) in [5, 5.41) is 14.0. The Hall–Kier alpha value is -3.13. The number of amides is 1. The second-order valence-corrected chi connectivity index (χ2v) is 6.69. The third kappa shape index (κ3) is 3.85. The van der Waals surface area contributed by atoms with Crippen LogP contribution in [-0.4, -0.2) is 67.5 Å². The van der Waals surface area contributed by atoms with Crippen molar-refractivity contribution in [2.24, 2.45) is 0 Å². The van der Waals surface area contributed by atoms with Crippen molar-refractivity contribution in [3.8, 4) is 11.4 Å². The van der Waals surface area contributed by atoms with Gasteiger partial charge >= 0.3 is 0 Å². The van der Waals surface area contributed by atoms with Crippen molar-refractivity contribution in [3.63, 3.8) is 0 Å². The molecule has 1 aromatic carbocycles. The lowest BCUT2D eigenvalue weighted by Gasteiger charge is -2.35. The molecular formula is C19H21N7O. The summed E-state index contributed by atoms with van der Waals surface area (Å²) in [4.78, 5) is 21.3. The molecule has 1 N–H and O–H groups in total.